The second-order valence-electron chi connectivity index (χ2n) is 16.5. The number of nitrogens with zero attached hydrogens (tertiary/aromatic N) is 1. The van der Waals surface area contributed by atoms with Crippen LogP contribution >= 0.6 is 0 Å². The molecule has 51 heavy (non-hydrogen) atoms. The molecule has 8 rings (SSSR count). The first-order chi connectivity index (χ1) is 24.7. The van der Waals surface area contributed by atoms with Gasteiger partial charge < -0.3 is 10.6 Å². The summed E-state index contributed by atoms with van der Waals surface area (Å²) in [5, 5.41) is 6.38. The lowest BCUT2D eigenvalue weighted by atomic mass is 9.52. The van der Waals surface area contributed by atoms with E-state index < -0.39 is 0 Å². The molecule has 0 radical (unpaired) electrons. The summed E-state index contributed by atoms with van der Waals surface area (Å²) < 4.78 is 0. The lowest BCUT2D eigenvalue weighted by Gasteiger charge is -2.52. The fourth-order valence-corrected chi connectivity index (χ4v) is 12.8. The molecule has 6 aliphatic rings. The monoisotopic (exact) mass is 696 g/mol. The molecule has 1 amide bonds. The minimum atomic E-state index is -0.169. The van der Waals surface area contributed by atoms with Crippen LogP contribution in [-0.2, 0) is 22.6 Å². The highest BCUT2D eigenvalue weighted by molar-refractivity contribution is 5.86. The van der Waals surface area contributed by atoms with Crippen LogP contribution in [0.3, 0.4) is 0 Å². The molecule has 8 unspecified atom stereocenters. The van der Waals surface area contributed by atoms with E-state index in [1.54, 1.807) is 12.3 Å². The molecule has 1 aromatic carbocycles. The van der Waals surface area contributed by atoms with Crippen LogP contribution in [0.25, 0.3) is 0 Å². The molecule has 0 aliphatic heterocycles. The molecule has 0 saturated heterocycles. The van der Waals surface area contributed by atoms with Gasteiger partial charge in [-0.05, 0) is 142 Å². The van der Waals surface area contributed by atoms with Gasteiger partial charge in [-0.3, -0.25) is 19.4 Å². The van der Waals surface area contributed by atoms with Crippen LogP contribution in [0.4, 0.5) is 0 Å². The molecule has 6 saturated carbocycles. The zero-order valence-electron chi connectivity index (χ0n) is 32.4. The number of allylic oxidation sites excluding steroid dienone is 1. The van der Waals surface area contributed by atoms with Gasteiger partial charge in [0, 0.05) is 36.7 Å². The molecule has 1 heterocycles. The van der Waals surface area contributed by atoms with E-state index in [9.17, 15) is 14.4 Å². The molecule has 6 nitrogen and oxygen atoms in total. The van der Waals surface area contributed by atoms with Crippen LogP contribution in [0.5, 0.6) is 0 Å². The van der Waals surface area contributed by atoms with Crippen molar-refractivity contribution in [2.45, 2.75) is 118 Å². The average molecular weight is 696 g/mol. The third-order valence-electron chi connectivity index (χ3n) is 14.4. The number of ketones is 1. The largest absolute Gasteiger partial charge is 0.355 e. The standard InChI is InChI=1S/C33H43NO3.C7H10N2.C3H6.C2H6/c1-30(2)26-11-16-32-25-10-15-31(29(37)34-18-13-21-5-3-6-22(19-21)20-35)14-4-7-24(31)23(25)8-9-27(32)33(26,32)17-12-28(30)36;1-8-6-7-4-2-3-5-9-7;1-3-2;1-2/h3,5-6,19-20,23-27H,4,7-18H2,1-2H3,(H,34,37);2-5,8H,6H2,1H3;3H,1H2,2H3;1-2H3. The maximum absolute atomic E-state index is 13.9. The van der Waals surface area contributed by atoms with Crippen molar-refractivity contribution >= 4 is 18.0 Å². The van der Waals surface area contributed by atoms with Crippen LogP contribution in [0.2, 0.25) is 0 Å². The number of nitrogens with one attached hydrogen (secondary N) is 2. The summed E-state index contributed by atoms with van der Waals surface area (Å²) in [5.41, 5.74) is 3.48. The first-order valence-electron chi connectivity index (χ1n) is 20.1. The predicted octanol–water partition coefficient (Wildman–Crippen LogP) is 9.19. The van der Waals surface area contributed by atoms with Gasteiger partial charge in [-0.1, -0.05) is 64.5 Å². The molecule has 1 aromatic heterocycles. The van der Waals surface area contributed by atoms with Gasteiger partial charge in [0.15, 0.2) is 0 Å². The Balaban J connectivity index is 0.000000307. The number of Topliss-reactive ketones (excluding diaryl/α,β-unsaturated/α-hetero) is 1. The highest BCUT2D eigenvalue weighted by atomic mass is 16.2. The quantitative estimate of drug-likeness (QED) is 0.223. The minimum absolute atomic E-state index is 0.147. The number of benzene rings is 1. The van der Waals surface area contributed by atoms with Gasteiger partial charge in [-0.15, -0.1) is 6.58 Å². The maximum Gasteiger partial charge on any atom is 0.226 e. The minimum Gasteiger partial charge on any atom is -0.355 e. The van der Waals surface area contributed by atoms with E-state index >= 15 is 0 Å². The van der Waals surface area contributed by atoms with Crippen LogP contribution in [-0.4, -0.2) is 36.6 Å². The van der Waals surface area contributed by atoms with E-state index in [4.69, 9.17) is 0 Å². The van der Waals surface area contributed by atoms with Gasteiger partial charge in [-0.2, -0.15) is 0 Å². The number of carbonyl (C=O) groups is 3. The Kier molecular flexibility index (Phi) is 12.5. The Morgan fingerprint density at radius 1 is 0.941 bits per heavy atom. The Hall–Kier alpha value is -3.12. The van der Waals surface area contributed by atoms with Crippen molar-refractivity contribution < 1.29 is 14.4 Å². The van der Waals surface area contributed by atoms with Gasteiger partial charge >= 0.3 is 0 Å². The van der Waals surface area contributed by atoms with Crippen LogP contribution < -0.4 is 10.6 Å². The van der Waals surface area contributed by atoms with Gasteiger partial charge in [0.1, 0.15) is 12.1 Å². The summed E-state index contributed by atoms with van der Waals surface area (Å²) in [7, 11) is 1.91. The smallest absolute Gasteiger partial charge is 0.226 e. The summed E-state index contributed by atoms with van der Waals surface area (Å²) in [5.74, 6) is 4.25. The van der Waals surface area contributed by atoms with E-state index in [1.807, 2.05) is 70.3 Å². The van der Waals surface area contributed by atoms with Crippen molar-refractivity contribution in [3.05, 3.63) is 78.1 Å². The predicted molar refractivity (Wildman–Crippen MR) is 207 cm³/mol. The fourth-order valence-electron chi connectivity index (χ4n) is 12.8. The summed E-state index contributed by atoms with van der Waals surface area (Å²) >= 11 is 0. The van der Waals surface area contributed by atoms with Crippen molar-refractivity contribution in [2.24, 2.45) is 51.2 Å². The fraction of sp³-hybridized carbons (Fsp3) is 0.644. The first kappa shape index (κ1) is 39.1. The van der Waals surface area contributed by atoms with Crippen LogP contribution in [0.1, 0.15) is 127 Å². The zero-order chi connectivity index (χ0) is 36.9. The van der Waals surface area contributed by atoms with Crippen LogP contribution in [0.15, 0.2) is 61.3 Å². The van der Waals surface area contributed by atoms with E-state index in [-0.39, 0.29) is 10.8 Å². The van der Waals surface area contributed by atoms with E-state index in [1.165, 1.54) is 44.9 Å². The molecule has 2 spiro atoms. The van der Waals surface area contributed by atoms with Crippen LogP contribution in [0, 0.1) is 51.2 Å². The number of pyridine rings is 1. The summed E-state index contributed by atoms with van der Waals surface area (Å²) in [6.45, 7) is 15.2. The third kappa shape index (κ3) is 6.68. The first-order valence-corrected chi connectivity index (χ1v) is 20.1. The Morgan fingerprint density at radius 3 is 2.43 bits per heavy atom. The molecule has 6 fully saturated rings. The van der Waals surface area contributed by atoms with Gasteiger partial charge in [0.25, 0.3) is 0 Å². The molecule has 2 aromatic rings. The van der Waals surface area contributed by atoms with Crippen molar-refractivity contribution in [1.29, 1.82) is 0 Å². The van der Waals surface area contributed by atoms with Crippen molar-refractivity contribution in [3.8, 4) is 0 Å². The molecule has 6 heteroatoms. The number of hydrogen-bond acceptors (Lipinski definition) is 5. The number of rotatable bonds is 7. The molecule has 0 bridgehead atoms. The molecular formula is C45H65N3O3. The molecule has 8 atom stereocenters. The second-order valence-corrected chi connectivity index (χ2v) is 16.5. The third-order valence-corrected chi connectivity index (χ3v) is 14.4. The van der Waals surface area contributed by atoms with Gasteiger partial charge in [0.05, 0.1) is 11.1 Å². The number of amides is 1. The average Bonchev–Trinajstić information content (AvgIpc) is 3.40. The van der Waals surface area contributed by atoms with Gasteiger partial charge in [0.2, 0.25) is 5.91 Å². The van der Waals surface area contributed by atoms with Gasteiger partial charge in [-0.25, -0.2) is 0 Å². The lowest BCUT2D eigenvalue weighted by Crippen LogP contribution is -2.52. The SMILES string of the molecule is C=CC.CC.CC1(C)C(=O)CCC23C1CCC21C2CCC4(C(=O)NCCc5cccc(C=O)c5)CCCC4C2CCC13.CNCc1ccccn1. The molecular weight excluding hydrogens is 631 g/mol. The normalized spacial score (nSPS) is 34.4. The Morgan fingerprint density at radius 2 is 1.73 bits per heavy atom. The van der Waals surface area contributed by atoms with E-state index in [2.05, 4.69) is 36.0 Å². The highest BCUT2D eigenvalue weighted by Crippen LogP contribution is 2.91. The number of hydrogen-bond donors (Lipinski definition) is 2. The zero-order valence-corrected chi connectivity index (χ0v) is 32.4. The topological polar surface area (TPSA) is 88.2 Å². The highest BCUT2D eigenvalue weighted by Gasteiger charge is 2.86. The van der Waals surface area contributed by atoms with Crippen molar-refractivity contribution in [3.63, 3.8) is 0 Å². The number of aldehydes is 1. The molecule has 2 N–H and O–H groups in total. The summed E-state index contributed by atoms with van der Waals surface area (Å²) in [6.07, 6.45) is 18.1. The molecule has 6 aliphatic carbocycles. The maximum atomic E-state index is 13.9. The second kappa shape index (κ2) is 16.3. The number of fused-ring (bicyclic) bond motifs is 3. The number of aromatic nitrogens is 1. The summed E-state index contributed by atoms with van der Waals surface area (Å²) in [6, 6.07) is 13.6. The Labute approximate surface area is 308 Å². The molecule has 278 valence electrons. The van der Waals surface area contributed by atoms with E-state index in [0.717, 1.165) is 68.0 Å². The van der Waals surface area contributed by atoms with E-state index in [0.29, 0.717) is 52.4 Å². The van der Waals surface area contributed by atoms with Crippen molar-refractivity contribution in [1.82, 2.24) is 15.6 Å². The number of carbonyl (C=O) groups excluding carboxylic acids is 3. The Bertz CT molecular complexity index is 1520. The van der Waals surface area contributed by atoms with Crippen molar-refractivity contribution in [2.75, 3.05) is 13.6 Å². The lowest BCUT2D eigenvalue weighted by molar-refractivity contribution is -0.142. The summed E-state index contributed by atoms with van der Waals surface area (Å²) in [4.78, 5) is 42.0.